The molecule has 0 saturated carbocycles. The predicted octanol–water partition coefficient (Wildman–Crippen LogP) is 0.851. The molecule has 6 nitrogen and oxygen atoms in total. The van der Waals surface area contributed by atoms with Crippen molar-refractivity contribution in [1.82, 2.24) is 15.5 Å². The van der Waals surface area contributed by atoms with Crippen LogP contribution in [0.1, 0.15) is 29.9 Å². The average Bonchev–Trinajstić information content (AvgIpc) is 3.12. The first-order chi connectivity index (χ1) is 10.5. The lowest BCUT2D eigenvalue weighted by molar-refractivity contribution is -0.129. The molecule has 22 heavy (non-hydrogen) atoms. The highest BCUT2D eigenvalue weighted by Gasteiger charge is 2.35. The number of hydrogen-bond acceptors (Lipinski definition) is 4. The maximum Gasteiger partial charge on any atom is 0.261 e. The van der Waals surface area contributed by atoms with Crippen LogP contribution in [0.15, 0.2) is 17.5 Å². The normalized spacial score (nSPS) is 17.9. The molecule has 1 fully saturated rings. The monoisotopic (exact) mass is 323 g/mol. The van der Waals surface area contributed by atoms with Gasteiger partial charge in [-0.1, -0.05) is 6.07 Å². The highest BCUT2D eigenvalue weighted by atomic mass is 32.1. The second-order valence-electron chi connectivity index (χ2n) is 5.57. The third-order valence-corrected chi connectivity index (χ3v) is 4.48. The number of hydrogen-bond donors (Lipinski definition) is 2. The van der Waals surface area contributed by atoms with Gasteiger partial charge in [-0.25, -0.2) is 0 Å². The van der Waals surface area contributed by atoms with Crippen LogP contribution in [0.5, 0.6) is 0 Å². The predicted molar refractivity (Wildman–Crippen MR) is 84.6 cm³/mol. The fourth-order valence-electron chi connectivity index (χ4n) is 2.41. The van der Waals surface area contributed by atoms with Gasteiger partial charge in [0.2, 0.25) is 11.8 Å². The van der Waals surface area contributed by atoms with E-state index in [4.69, 9.17) is 0 Å². The highest BCUT2D eigenvalue weighted by Crippen LogP contribution is 2.19. The summed E-state index contributed by atoms with van der Waals surface area (Å²) in [5.41, 5.74) is 0. The molecule has 1 aromatic heterocycles. The van der Waals surface area contributed by atoms with E-state index in [0.29, 0.717) is 24.5 Å². The molecule has 0 aromatic carbocycles. The van der Waals surface area contributed by atoms with Gasteiger partial charge in [0.05, 0.1) is 10.8 Å². The van der Waals surface area contributed by atoms with Gasteiger partial charge in [0.15, 0.2) is 0 Å². The molecule has 0 radical (unpaired) electrons. The van der Waals surface area contributed by atoms with Crippen LogP contribution < -0.4 is 10.6 Å². The topological polar surface area (TPSA) is 78.5 Å². The molecule has 7 heteroatoms. The summed E-state index contributed by atoms with van der Waals surface area (Å²) >= 11 is 1.38. The van der Waals surface area contributed by atoms with Crippen LogP contribution in [0.3, 0.4) is 0 Å². The Morgan fingerprint density at radius 3 is 2.68 bits per heavy atom. The molecule has 0 aliphatic carbocycles. The summed E-state index contributed by atoms with van der Waals surface area (Å²) in [5, 5.41) is 7.36. The molecule has 120 valence electrons. The molecule has 1 saturated heterocycles. The molecule has 1 aromatic rings. The van der Waals surface area contributed by atoms with Gasteiger partial charge in [0.1, 0.15) is 0 Å². The van der Waals surface area contributed by atoms with Crippen molar-refractivity contribution < 1.29 is 14.4 Å². The largest absolute Gasteiger partial charge is 0.354 e. The summed E-state index contributed by atoms with van der Waals surface area (Å²) in [6, 6.07) is 3.69. The number of thiophene rings is 1. The van der Waals surface area contributed by atoms with Gasteiger partial charge in [-0.05, 0) is 25.3 Å². The smallest absolute Gasteiger partial charge is 0.261 e. The fourth-order valence-corrected chi connectivity index (χ4v) is 3.05. The van der Waals surface area contributed by atoms with E-state index in [0.717, 1.165) is 0 Å². The lowest BCUT2D eigenvalue weighted by atomic mass is 10.1. The Balaban J connectivity index is 1.68. The van der Waals surface area contributed by atoms with Gasteiger partial charge in [-0.15, -0.1) is 11.3 Å². The van der Waals surface area contributed by atoms with Gasteiger partial charge in [-0.2, -0.15) is 0 Å². The highest BCUT2D eigenvalue weighted by molar-refractivity contribution is 7.12. The maximum absolute atomic E-state index is 12.0. The molecular formula is C15H21N3O3S. The van der Waals surface area contributed by atoms with E-state index in [1.54, 1.807) is 11.0 Å². The van der Waals surface area contributed by atoms with Crippen LogP contribution >= 0.6 is 11.3 Å². The molecule has 0 unspecified atom stereocenters. The van der Waals surface area contributed by atoms with Crippen molar-refractivity contribution >= 4 is 29.1 Å². The third-order valence-electron chi connectivity index (χ3n) is 3.61. The van der Waals surface area contributed by atoms with E-state index in [1.807, 2.05) is 25.3 Å². The van der Waals surface area contributed by atoms with Crippen LogP contribution in [0, 0.1) is 5.92 Å². The standard InChI is InChI=1S/C15H21N3O3S/c1-10(2)18-9-11(8-13(18)19)14(20)16-5-6-17-15(21)12-4-3-7-22-12/h3-4,7,10-11H,5-6,8-9H2,1-2H3,(H,16,20)(H,17,21)/t11-/m1/s1. The van der Waals surface area contributed by atoms with Crippen molar-refractivity contribution in [3.8, 4) is 0 Å². The number of carbonyl (C=O) groups is 3. The van der Waals surface area contributed by atoms with E-state index >= 15 is 0 Å². The van der Waals surface area contributed by atoms with Crippen molar-refractivity contribution in [2.24, 2.45) is 5.92 Å². The van der Waals surface area contributed by atoms with Crippen LogP contribution in [-0.4, -0.2) is 48.3 Å². The fraction of sp³-hybridized carbons (Fsp3) is 0.533. The zero-order chi connectivity index (χ0) is 16.1. The Kier molecular flexibility index (Phi) is 5.54. The minimum atomic E-state index is -0.289. The first-order valence-corrected chi connectivity index (χ1v) is 8.26. The number of amides is 3. The second kappa shape index (κ2) is 7.40. The van der Waals surface area contributed by atoms with E-state index in [9.17, 15) is 14.4 Å². The Morgan fingerprint density at radius 1 is 1.36 bits per heavy atom. The summed E-state index contributed by atoms with van der Waals surface area (Å²) in [4.78, 5) is 37.9. The first kappa shape index (κ1) is 16.5. The van der Waals surface area contributed by atoms with E-state index < -0.39 is 0 Å². The molecule has 1 aliphatic rings. The Morgan fingerprint density at radius 2 is 2.09 bits per heavy atom. The van der Waals surface area contributed by atoms with Crippen LogP contribution in [0.4, 0.5) is 0 Å². The van der Waals surface area contributed by atoms with Crippen molar-refractivity contribution in [3.05, 3.63) is 22.4 Å². The molecule has 3 amide bonds. The van der Waals surface area contributed by atoms with Crippen molar-refractivity contribution in [2.75, 3.05) is 19.6 Å². The summed E-state index contributed by atoms with van der Waals surface area (Å²) in [7, 11) is 0. The number of nitrogens with zero attached hydrogens (tertiary/aromatic N) is 1. The number of likely N-dealkylation sites (tertiary alicyclic amines) is 1. The van der Waals surface area contributed by atoms with Gasteiger partial charge >= 0.3 is 0 Å². The van der Waals surface area contributed by atoms with Gasteiger partial charge < -0.3 is 15.5 Å². The lowest BCUT2D eigenvalue weighted by Crippen LogP contribution is -2.39. The summed E-state index contributed by atoms with van der Waals surface area (Å²) < 4.78 is 0. The zero-order valence-electron chi connectivity index (χ0n) is 12.8. The first-order valence-electron chi connectivity index (χ1n) is 7.38. The van der Waals surface area contributed by atoms with Crippen molar-refractivity contribution in [3.63, 3.8) is 0 Å². The Bertz CT molecular complexity index is 542. The van der Waals surface area contributed by atoms with Gasteiger partial charge in [0.25, 0.3) is 5.91 Å². The zero-order valence-corrected chi connectivity index (χ0v) is 13.6. The summed E-state index contributed by atoms with van der Waals surface area (Å²) in [6.45, 7) is 5.10. The van der Waals surface area contributed by atoms with Crippen LogP contribution in [0.25, 0.3) is 0 Å². The van der Waals surface area contributed by atoms with Crippen molar-refractivity contribution in [1.29, 1.82) is 0 Å². The van der Waals surface area contributed by atoms with Gasteiger partial charge in [0, 0.05) is 32.1 Å². The summed E-state index contributed by atoms with van der Waals surface area (Å²) in [6.07, 6.45) is 0.269. The molecular weight excluding hydrogens is 302 g/mol. The molecule has 2 rings (SSSR count). The minimum Gasteiger partial charge on any atom is -0.354 e. The maximum atomic E-state index is 12.0. The van der Waals surface area contributed by atoms with Crippen LogP contribution in [-0.2, 0) is 9.59 Å². The molecule has 2 heterocycles. The third kappa shape index (κ3) is 4.07. The number of carbonyl (C=O) groups excluding carboxylic acids is 3. The van der Waals surface area contributed by atoms with Gasteiger partial charge in [-0.3, -0.25) is 14.4 Å². The second-order valence-corrected chi connectivity index (χ2v) is 6.51. The summed E-state index contributed by atoms with van der Waals surface area (Å²) in [5.74, 6) is -0.516. The van der Waals surface area contributed by atoms with E-state index in [-0.39, 0.29) is 36.1 Å². The minimum absolute atomic E-state index is 0.0288. The Hall–Kier alpha value is -1.89. The van der Waals surface area contributed by atoms with E-state index in [1.165, 1.54) is 11.3 Å². The molecule has 0 bridgehead atoms. The molecule has 1 atom stereocenters. The SMILES string of the molecule is CC(C)N1C[C@H](C(=O)NCCNC(=O)c2cccs2)CC1=O. The van der Waals surface area contributed by atoms with Crippen LogP contribution in [0.2, 0.25) is 0 Å². The Labute approximate surface area is 133 Å². The average molecular weight is 323 g/mol. The quantitative estimate of drug-likeness (QED) is 0.762. The molecule has 1 aliphatic heterocycles. The lowest BCUT2D eigenvalue weighted by Gasteiger charge is -2.20. The molecule has 2 N–H and O–H groups in total. The number of rotatable bonds is 6. The van der Waals surface area contributed by atoms with E-state index in [2.05, 4.69) is 10.6 Å². The van der Waals surface area contributed by atoms with Crippen molar-refractivity contribution in [2.45, 2.75) is 26.3 Å². The molecule has 0 spiro atoms. The number of nitrogens with one attached hydrogen (secondary N) is 2.